The highest BCUT2D eigenvalue weighted by Gasteiger charge is 2.29. The molecule has 6 nitrogen and oxygen atoms in total. The van der Waals surface area contributed by atoms with E-state index in [1.807, 2.05) is 24.3 Å². The first kappa shape index (κ1) is 17.1. The second kappa shape index (κ2) is 6.85. The summed E-state index contributed by atoms with van der Waals surface area (Å²) in [6.45, 7) is 0.566. The van der Waals surface area contributed by atoms with E-state index in [4.69, 9.17) is 9.47 Å². The molecule has 0 atom stereocenters. The second-order valence-corrected chi connectivity index (χ2v) is 7.66. The average Bonchev–Trinajstić information content (AvgIpc) is 3.26. The van der Waals surface area contributed by atoms with Crippen LogP contribution in [0.1, 0.15) is 32.4 Å². The molecule has 1 aliphatic carbocycles. The Kier molecular flexibility index (Phi) is 4.18. The number of aromatic nitrogens is 1. The fourth-order valence-electron chi connectivity index (χ4n) is 3.75. The Morgan fingerprint density at radius 1 is 1.11 bits per heavy atom. The monoisotopic (exact) mass is 392 g/mol. The van der Waals surface area contributed by atoms with E-state index in [1.165, 1.54) is 11.1 Å². The minimum absolute atomic E-state index is 0.00220. The van der Waals surface area contributed by atoms with Gasteiger partial charge in [0, 0.05) is 5.92 Å². The van der Waals surface area contributed by atoms with Gasteiger partial charge in [0.25, 0.3) is 0 Å². The maximum Gasteiger partial charge on any atom is 0.413 e. The topological polar surface area (TPSA) is 77.5 Å². The Morgan fingerprint density at radius 3 is 2.46 bits per heavy atom. The van der Waals surface area contributed by atoms with Crippen LogP contribution in [0.15, 0.2) is 48.5 Å². The molecule has 140 valence electrons. The van der Waals surface area contributed by atoms with Gasteiger partial charge in [-0.1, -0.05) is 59.9 Å². The average molecular weight is 392 g/mol. The molecule has 2 heterocycles. The summed E-state index contributed by atoms with van der Waals surface area (Å²) in [5.41, 5.74) is 5.24. The van der Waals surface area contributed by atoms with E-state index in [0.717, 1.165) is 22.5 Å². The normalized spacial score (nSPS) is 14.9. The van der Waals surface area contributed by atoms with E-state index < -0.39 is 6.09 Å². The van der Waals surface area contributed by atoms with Gasteiger partial charge < -0.3 is 9.47 Å². The molecule has 28 heavy (non-hydrogen) atoms. The quantitative estimate of drug-likeness (QED) is 0.722. The SMILES string of the molecule is O=C(Nc1nc2c(s1)C(=O)COC2)OCC1c2ccccc2-c2ccccc21. The van der Waals surface area contributed by atoms with Crippen molar-refractivity contribution >= 4 is 28.3 Å². The van der Waals surface area contributed by atoms with E-state index in [0.29, 0.717) is 15.7 Å². The lowest BCUT2D eigenvalue weighted by atomic mass is 9.98. The van der Waals surface area contributed by atoms with Gasteiger partial charge >= 0.3 is 6.09 Å². The third-order valence-corrected chi connectivity index (χ3v) is 6.03. The molecule has 2 aromatic carbocycles. The van der Waals surface area contributed by atoms with E-state index in [1.54, 1.807) is 0 Å². The number of anilines is 1. The zero-order valence-electron chi connectivity index (χ0n) is 14.8. The van der Waals surface area contributed by atoms with E-state index in [9.17, 15) is 9.59 Å². The molecule has 1 amide bonds. The summed E-state index contributed by atoms with van der Waals surface area (Å²) in [7, 11) is 0. The van der Waals surface area contributed by atoms with Gasteiger partial charge in [0.1, 0.15) is 18.1 Å². The van der Waals surface area contributed by atoms with Gasteiger partial charge in [-0.25, -0.2) is 9.78 Å². The molecular formula is C21H16N2O4S. The van der Waals surface area contributed by atoms with Crippen LogP contribution in [-0.2, 0) is 16.1 Å². The fraction of sp³-hybridized carbons (Fsp3) is 0.190. The highest BCUT2D eigenvalue weighted by molar-refractivity contribution is 7.17. The summed E-state index contributed by atoms with van der Waals surface area (Å²) in [5, 5.41) is 2.98. The molecule has 1 aromatic heterocycles. The van der Waals surface area contributed by atoms with Gasteiger partial charge in [0.05, 0.1) is 12.3 Å². The summed E-state index contributed by atoms with van der Waals surface area (Å²) >= 11 is 1.15. The molecule has 5 rings (SSSR count). The lowest BCUT2D eigenvalue weighted by Crippen LogP contribution is -2.18. The molecule has 1 N–H and O–H groups in total. The van der Waals surface area contributed by atoms with Crippen molar-refractivity contribution in [3.05, 3.63) is 70.2 Å². The standard InChI is InChI=1S/C21H16N2O4S/c24-18-11-26-10-17-19(18)28-20(22-17)23-21(25)27-9-16-14-7-3-1-5-12(14)13-6-2-4-8-15(13)16/h1-8,16H,9-11H2,(H,22,23,25). The van der Waals surface area contributed by atoms with Crippen molar-refractivity contribution in [2.75, 3.05) is 18.5 Å². The van der Waals surface area contributed by atoms with Gasteiger partial charge in [-0.05, 0) is 22.3 Å². The number of hydrogen-bond donors (Lipinski definition) is 1. The zero-order chi connectivity index (χ0) is 19.1. The predicted molar refractivity (Wildman–Crippen MR) is 105 cm³/mol. The molecule has 3 aromatic rings. The van der Waals surface area contributed by atoms with Crippen molar-refractivity contribution < 1.29 is 19.1 Å². The molecule has 0 spiro atoms. The summed E-state index contributed by atoms with van der Waals surface area (Å²) in [4.78, 5) is 28.9. The Hall–Kier alpha value is -3.03. The highest BCUT2D eigenvalue weighted by atomic mass is 32.1. The number of fused-ring (bicyclic) bond motifs is 4. The lowest BCUT2D eigenvalue weighted by molar-refractivity contribution is 0.0664. The molecule has 1 aliphatic heterocycles. The molecule has 0 saturated carbocycles. The van der Waals surface area contributed by atoms with Crippen LogP contribution in [0.5, 0.6) is 0 Å². The summed E-state index contributed by atoms with van der Waals surface area (Å²) in [5.74, 6) is -0.114. The molecule has 2 aliphatic rings. The lowest BCUT2D eigenvalue weighted by Gasteiger charge is -2.14. The van der Waals surface area contributed by atoms with Crippen molar-refractivity contribution in [2.45, 2.75) is 12.5 Å². The number of ether oxygens (including phenoxy) is 2. The maximum absolute atomic E-state index is 12.3. The first-order chi connectivity index (χ1) is 13.7. The van der Waals surface area contributed by atoms with Crippen molar-refractivity contribution in [3.8, 4) is 11.1 Å². The maximum atomic E-state index is 12.3. The van der Waals surface area contributed by atoms with Crippen molar-refractivity contribution in [1.82, 2.24) is 4.98 Å². The fourth-order valence-corrected chi connectivity index (χ4v) is 4.63. The molecule has 7 heteroatoms. The Balaban J connectivity index is 1.30. The van der Waals surface area contributed by atoms with Crippen molar-refractivity contribution in [2.24, 2.45) is 0 Å². The minimum atomic E-state index is -0.582. The molecule has 0 fully saturated rings. The Morgan fingerprint density at radius 2 is 1.79 bits per heavy atom. The molecule has 0 bridgehead atoms. The number of ketones is 1. The van der Waals surface area contributed by atoms with Crippen LogP contribution in [0.3, 0.4) is 0 Å². The number of thiazole rings is 1. The zero-order valence-corrected chi connectivity index (χ0v) is 15.6. The van der Waals surface area contributed by atoms with Crippen LogP contribution >= 0.6 is 11.3 Å². The number of nitrogens with one attached hydrogen (secondary N) is 1. The van der Waals surface area contributed by atoms with Gasteiger partial charge in [-0.15, -0.1) is 0 Å². The Bertz CT molecular complexity index is 1050. The predicted octanol–water partition coefficient (Wildman–Crippen LogP) is 4.22. The highest BCUT2D eigenvalue weighted by Crippen LogP contribution is 2.44. The van der Waals surface area contributed by atoms with E-state index in [2.05, 4.69) is 34.6 Å². The van der Waals surface area contributed by atoms with Gasteiger partial charge in [-0.2, -0.15) is 0 Å². The van der Waals surface area contributed by atoms with E-state index >= 15 is 0 Å². The van der Waals surface area contributed by atoms with Crippen LogP contribution in [0.2, 0.25) is 0 Å². The summed E-state index contributed by atoms with van der Waals surface area (Å²) < 4.78 is 10.7. The minimum Gasteiger partial charge on any atom is -0.448 e. The number of hydrogen-bond acceptors (Lipinski definition) is 6. The second-order valence-electron chi connectivity index (χ2n) is 6.66. The summed E-state index contributed by atoms with van der Waals surface area (Å²) in [6, 6.07) is 16.3. The van der Waals surface area contributed by atoms with Gasteiger partial charge in [0.2, 0.25) is 0 Å². The first-order valence-electron chi connectivity index (χ1n) is 8.93. The molecular weight excluding hydrogens is 376 g/mol. The van der Waals surface area contributed by atoms with Crippen molar-refractivity contribution in [1.29, 1.82) is 0 Å². The number of carbonyl (C=O) groups is 2. The van der Waals surface area contributed by atoms with Gasteiger partial charge in [-0.3, -0.25) is 10.1 Å². The third-order valence-electron chi connectivity index (χ3n) is 4.98. The third kappa shape index (κ3) is 2.89. The number of Topliss-reactive ketones (excluding diaryl/α,β-unsaturated/α-hetero) is 1. The van der Waals surface area contributed by atoms with E-state index in [-0.39, 0.29) is 31.5 Å². The molecule has 0 saturated heterocycles. The Labute approximate surface area is 165 Å². The van der Waals surface area contributed by atoms with Crippen LogP contribution < -0.4 is 5.32 Å². The smallest absolute Gasteiger partial charge is 0.413 e. The number of benzene rings is 2. The van der Waals surface area contributed by atoms with Crippen molar-refractivity contribution in [3.63, 3.8) is 0 Å². The van der Waals surface area contributed by atoms with Crippen LogP contribution in [0.4, 0.5) is 9.93 Å². The van der Waals surface area contributed by atoms with Gasteiger partial charge in [0.15, 0.2) is 10.9 Å². The van der Waals surface area contributed by atoms with Crippen LogP contribution in [0, 0.1) is 0 Å². The van der Waals surface area contributed by atoms with Crippen LogP contribution in [0.25, 0.3) is 11.1 Å². The number of amides is 1. The first-order valence-corrected chi connectivity index (χ1v) is 9.75. The van der Waals surface area contributed by atoms with Crippen LogP contribution in [-0.4, -0.2) is 30.1 Å². The number of nitrogens with zero attached hydrogens (tertiary/aromatic N) is 1. The summed E-state index contributed by atoms with van der Waals surface area (Å²) in [6.07, 6.45) is -0.582. The molecule has 0 unspecified atom stereocenters. The number of carbonyl (C=O) groups excluding carboxylic acids is 2. The largest absolute Gasteiger partial charge is 0.448 e. The molecule has 0 radical (unpaired) electrons. The number of rotatable bonds is 3.